The fourth-order valence-corrected chi connectivity index (χ4v) is 4.92. The molecule has 1 aliphatic carbocycles. The van der Waals surface area contributed by atoms with Crippen LogP contribution in [0.15, 0.2) is 18.2 Å². The predicted octanol–water partition coefficient (Wildman–Crippen LogP) is 3.08. The van der Waals surface area contributed by atoms with E-state index in [0.717, 1.165) is 38.0 Å². The van der Waals surface area contributed by atoms with Crippen molar-refractivity contribution in [1.82, 2.24) is 9.80 Å². The van der Waals surface area contributed by atoms with Gasteiger partial charge in [-0.2, -0.15) is 0 Å². The Labute approximate surface area is 192 Å². The fraction of sp³-hybridized carbons (Fsp3) is 0.720. The number of rotatable bonds is 10. The quantitative estimate of drug-likeness (QED) is 0.552. The first-order valence-corrected chi connectivity index (χ1v) is 12.0. The summed E-state index contributed by atoms with van der Waals surface area (Å²) in [6.45, 7) is 3.42. The lowest BCUT2D eigenvalue weighted by molar-refractivity contribution is -0.147. The van der Waals surface area contributed by atoms with Crippen LogP contribution in [0.5, 0.6) is 11.5 Å². The van der Waals surface area contributed by atoms with Gasteiger partial charge in [0.25, 0.3) is 0 Å². The number of likely N-dealkylation sites (tertiary alicyclic amines) is 1. The van der Waals surface area contributed by atoms with Crippen molar-refractivity contribution in [2.45, 2.75) is 63.6 Å². The number of aliphatic hydroxyl groups excluding tert-OH is 1. The van der Waals surface area contributed by atoms with Crippen LogP contribution < -0.4 is 9.47 Å². The molecular weight excluding hydrogens is 408 g/mol. The second kappa shape index (κ2) is 12.4. The molecule has 32 heavy (non-hydrogen) atoms. The van der Waals surface area contributed by atoms with Crippen LogP contribution in [0.4, 0.5) is 0 Å². The molecule has 1 saturated heterocycles. The van der Waals surface area contributed by atoms with Crippen molar-refractivity contribution < 1.29 is 24.1 Å². The largest absolute Gasteiger partial charge is 0.493 e. The summed E-state index contributed by atoms with van der Waals surface area (Å²) in [5.41, 5.74) is 1.14. The zero-order valence-corrected chi connectivity index (χ0v) is 19.9. The molecule has 0 bridgehead atoms. The number of piperidine rings is 1. The van der Waals surface area contributed by atoms with Crippen LogP contribution in [0.25, 0.3) is 0 Å². The van der Waals surface area contributed by atoms with Crippen LogP contribution >= 0.6 is 0 Å². The Morgan fingerprint density at radius 1 is 1.12 bits per heavy atom. The highest BCUT2D eigenvalue weighted by Gasteiger charge is 2.26. The third-order valence-corrected chi connectivity index (χ3v) is 6.88. The number of likely N-dealkylation sites (N-methyl/N-ethyl adjacent to an activating group) is 1. The van der Waals surface area contributed by atoms with E-state index < -0.39 is 6.10 Å². The molecule has 0 spiro atoms. The number of hydrogen-bond donors (Lipinski definition) is 1. The molecular formula is C25H40N2O5. The number of carbonyl (C=O) groups is 1. The van der Waals surface area contributed by atoms with Crippen molar-refractivity contribution in [3.05, 3.63) is 23.8 Å². The minimum atomic E-state index is -0.539. The fourth-order valence-electron chi connectivity index (χ4n) is 4.92. The van der Waals surface area contributed by atoms with Gasteiger partial charge < -0.3 is 24.2 Å². The van der Waals surface area contributed by atoms with E-state index in [0.29, 0.717) is 24.1 Å². The molecule has 1 atom stereocenters. The summed E-state index contributed by atoms with van der Waals surface area (Å²) in [4.78, 5) is 16.3. The summed E-state index contributed by atoms with van der Waals surface area (Å²) in [5, 5.41) is 10.5. The highest BCUT2D eigenvalue weighted by Crippen LogP contribution is 2.30. The van der Waals surface area contributed by atoms with Gasteiger partial charge in [0.2, 0.25) is 0 Å². The van der Waals surface area contributed by atoms with Gasteiger partial charge in [-0.25, -0.2) is 0 Å². The smallest absolute Gasteiger partial charge is 0.308 e. The first kappa shape index (κ1) is 24.8. The molecule has 1 aromatic carbocycles. The Morgan fingerprint density at radius 2 is 1.84 bits per heavy atom. The van der Waals surface area contributed by atoms with E-state index in [1.165, 1.54) is 39.2 Å². The van der Waals surface area contributed by atoms with Gasteiger partial charge in [0.1, 0.15) is 12.7 Å². The summed E-state index contributed by atoms with van der Waals surface area (Å²) in [7, 11) is 5.20. The SMILES string of the molecule is COC(=O)C1CCN(Cc2ccc(OC[C@@H](O)CN(C)C3CCCCC3)c(OC)c2)CC1. The molecule has 7 nitrogen and oxygen atoms in total. The molecule has 1 N–H and O–H groups in total. The molecule has 0 amide bonds. The molecule has 7 heteroatoms. The molecule has 0 radical (unpaired) electrons. The Morgan fingerprint density at radius 3 is 2.50 bits per heavy atom. The van der Waals surface area contributed by atoms with Crippen LogP contribution in [-0.2, 0) is 16.1 Å². The Hall–Kier alpha value is -1.83. The van der Waals surface area contributed by atoms with E-state index in [9.17, 15) is 9.90 Å². The maximum absolute atomic E-state index is 11.7. The number of benzene rings is 1. The molecule has 3 rings (SSSR count). The predicted molar refractivity (Wildman–Crippen MR) is 124 cm³/mol. The van der Waals surface area contributed by atoms with Gasteiger partial charge in [-0.15, -0.1) is 0 Å². The second-order valence-electron chi connectivity index (χ2n) is 9.26. The average Bonchev–Trinajstić information content (AvgIpc) is 2.83. The first-order valence-electron chi connectivity index (χ1n) is 12.0. The molecule has 180 valence electrons. The Kier molecular flexibility index (Phi) is 9.63. The molecule has 2 fully saturated rings. The molecule has 1 aromatic rings. The third-order valence-electron chi connectivity index (χ3n) is 6.88. The van der Waals surface area contributed by atoms with E-state index >= 15 is 0 Å². The van der Waals surface area contributed by atoms with Gasteiger partial charge in [-0.05, 0) is 63.5 Å². The highest BCUT2D eigenvalue weighted by atomic mass is 16.5. The number of methoxy groups -OCH3 is 2. The Bertz CT molecular complexity index is 714. The topological polar surface area (TPSA) is 71.5 Å². The zero-order valence-electron chi connectivity index (χ0n) is 19.9. The van der Waals surface area contributed by atoms with Crippen molar-refractivity contribution in [2.75, 3.05) is 47.5 Å². The summed E-state index contributed by atoms with van der Waals surface area (Å²) in [6, 6.07) is 6.55. The van der Waals surface area contributed by atoms with Crippen LogP contribution in [0, 0.1) is 5.92 Å². The lowest BCUT2D eigenvalue weighted by Gasteiger charge is -2.32. The molecule has 0 unspecified atom stereocenters. The zero-order chi connectivity index (χ0) is 22.9. The summed E-state index contributed by atoms with van der Waals surface area (Å²) < 4.78 is 16.3. The highest BCUT2D eigenvalue weighted by molar-refractivity contribution is 5.72. The normalized spacial score (nSPS) is 19.7. The third kappa shape index (κ3) is 7.09. The number of ether oxygens (including phenoxy) is 3. The number of carbonyl (C=O) groups excluding carboxylic acids is 1. The van der Waals surface area contributed by atoms with E-state index in [2.05, 4.69) is 16.8 Å². The molecule has 0 aromatic heterocycles. The molecule has 1 aliphatic heterocycles. The average molecular weight is 449 g/mol. The molecule has 1 heterocycles. The summed E-state index contributed by atoms with van der Waals surface area (Å²) >= 11 is 0. The van der Waals surface area contributed by atoms with Gasteiger partial charge in [-0.1, -0.05) is 25.3 Å². The lowest BCUT2D eigenvalue weighted by Crippen LogP contribution is -2.40. The van der Waals surface area contributed by atoms with Gasteiger partial charge in [0, 0.05) is 19.1 Å². The minimum Gasteiger partial charge on any atom is -0.493 e. The van der Waals surface area contributed by atoms with E-state index in [1.807, 2.05) is 18.2 Å². The van der Waals surface area contributed by atoms with Crippen LogP contribution in [0.2, 0.25) is 0 Å². The van der Waals surface area contributed by atoms with Crippen LogP contribution in [-0.4, -0.2) is 80.5 Å². The van der Waals surface area contributed by atoms with E-state index in [4.69, 9.17) is 14.2 Å². The summed E-state index contributed by atoms with van der Waals surface area (Å²) in [6.07, 6.45) is 7.47. The minimum absolute atomic E-state index is 0.0187. The maximum Gasteiger partial charge on any atom is 0.308 e. The molecule has 2 aliphatic rings. The standard InChI is InChI=1S/C25H40N2O5/c1-26(21-7-5-4-6-8-21)17-22(28)18-32-23-10-9-19(15-24(23)30-2)16-27-13-11-20(12-14-27)25(29)31-3/h9-10,15,20-22,28H,4-8,11-14,16-18H2,1-3H3/t22-/m0/s1. The van der Waals surface area contributed by atoms with E-state index in [1.54, 1.807) is 7.11 Å². The van der Waals surface area contributed by atoms with Gasteiger partial charge >= 0.3 is 5.97 Å². The van der Waals surface area contributed by atoms with Crippen LogP contribution in [0.1, 0.15) is 50.5 Å². The van der Waals surface area contributed by atoms with Crippen molar-refractivity contribution in [3.8, 4) is 11.5 Å². The second-order valence-corrected chi connectivity index (χ2v) is 9.26. The van der Waals surface area contributed by atoms with Gasteiger partial charge in [0.05, 0.1) is 20.1 Å². The Balaban J connectivity index is 1.47. The number of aliphatic hydroxyl groups is 1. The van der Waals surface area contributed by atoms with Gasteiger partial charge in [0.15, 0.2) is 11.5 Å². The van der Waals surface area contributed by atoms with E-state index in [-0.39, 0.29) is 18.5 Å². The molecule has 1 saturated carbocycles. The van der Waals surface area contributed by atoms with Crippen molar-refractivity contribution >= 4 is 5.97 Å². The monoisotopic (exact) mass is 448 g/mol. The first-order chi connectivity index (χ1) is 15.5. The number of nitrogens with zero attached hydrogens (tertiary/aromatic N) is 2. The van der Waals surface area contributed by atoms with Crippen molar-refractivity contribution in [1.29, 1.82) is 0 Å². The number of esters is 1. The van der Waals surface area contributed by atoms with Crippen molar-refractivity contribution in [3.63, 3.8) is 0 Å². The number of hydrogen-bond acceptors (Lipinski definition) is 7. The lowest BCUT2D eigenvalue weighted by atomic mass is 9.94. The summed E-state index contributed by atoms with van der Waals surface area (Å²) in [5.74, 6) is 1.25. The van der Waals surface area contributed by atoms with Gasteiger partial charge in [-0.3, -0.25) is 9.69 Å². The van der Waals surface area contributed by atoms with Crippen LogP contribution in [0.3, 0.4) is 0 Å². The maximum atomic E-state index is 11.7. The van der Waals surface area contributed by atoms with Crippen molar-refractivity contribution in [2.24, 2.45) is 5.92 Å².